The Kier molecular flexibility index (Phi) is 6.29. The minimum Gasteiger partial charge on any atom is -0.493 e. The van der Waals surface area contributed by atoms with Crippen LogP contribution in [0.25, 0.3) is 0 Å². The summed E-state index contributed by atoms with van der Waals surface area (Å²) in [4.78, 5) is 13.9. The number of methoxy groups -OCH3 is 1. The highest BCUT2D eigenvalue weighted by Crippen LogP contribution is 2.25. The number of nitrogens with zero attached hydrogens (tertiary/aromatic N) is 1. The summed E-state index contributed by atoms with van der Waals surface area (Å²) in [6.45, 7) is 1.25. The van der Waals surface area contributed by atoms with Gasteiger partial charge in [0, 0.05) is 25.8 Å². The molecule has 0 aliphatic heterocycles. The van der Waals surface area contributed by atoms with Crippen molar-refractivity contribution in [1.82, 2.24) is 5.32 Å². The third-order valence-electron chi connectivity index (χ3n) is 3.39. The van der Waals surface area contributed by atoms with Crippen molar-refractivity contribution in [3.05, 3.63) is 54.6 Å². The van der Waals surface area contributed by atoms with Crippen LogP contribution < -0.4 is 19.7 Å². The molecule has 122 valence electrons. The number of benzene rings is 2. The van der Waals surface area contributed by atoms with Gasteiger partial charge in [0.05, 0.1) is 7.11 Å². The Labute approximate surface area is 136 Å². The van der Waals surface area contributed by atoms with Gasteiger partial charge in [-0.3, -0.25) is 4.79 Å². The van der Waals surface area contributed by atoms with Crippen molar-refractivity contribution in [3.8, 4) is 11.5 Å². The van der Waals surface area contributed by atoms with Gasteiger partial charge in [0.15, 0.2) is 18.1 Å². The molecule has 1 amide bonds. The standard InChI is InChI=1S/C18H22N2O3/c1-20(15-8-4-3-5-9-15)13-12-19-18(21)14-23-17-11-7-6-10-16(17)22-2/h3-11H,12-14H2,1-2H3,(H,19,21). The fourth-order valence-corrected chi connectivity index (χ4v) is 2.11. The Bertz CT molecular complexity index is 617. The van der Waals surface area contributed by atoms with Crippen molar-refractivity contribution >= 4 is 11.6 Å². The van der Waals surface area contributed by atoms with Crippen LogP contribution in [0.2, 0.25) is 0 Å². The number of ether oxygens (including phenoxy) is 2. The summed E-state index contributed by atoms with van der Waals surface area (Å²) in [6, 6.07) is 17.3. The second kappa shape index (κ2) is 8.68. The molecule has 0 aromatic heterocycles. The molecule has 0 unspecified atom stereocenters. The first-order valence-electron chi connectivity index (χ1n) is 7.49. The van der Waals surface area contributed by atoms with Crippen LogP contribution in [0, 0.1) is 0 Å². The maximum Gasteiger partial charge on any atom is 0.258 e. The van der Waals surface area contributed by atoms with Crippen molar-refractivity contribution in [2.75, 3.05) is 38.8 Å². The van der Waals surface area contributed by atoms with E-state index in [0.717, 1.165) is 12.2 Å². The van der Waals surface area contributed by atoms with E-state index in [-0.39, 0.29) is 12.5 Å². The maximum absolute atomic E-state index is 11.8. The van der Waals surface area contributed by atoms with Gasteiger partial charge in [-0.25, -0.2) is 0 Å². The summed E-state index contributed by atoms with van der Waals surface area (Å²) in [6.07, 6.45) is 0. The number of amides is 1. The van der Waals surface area contributed by atoms with Gasteiger partial charge in [0.1, 0.15) is 0 Å². The Morgan fingerprint density at radius 2 is 1.70 bits per heavy atom. The molecule has 2 aromatic carbocycles. The zero-order valence-electron chi connectivity index (χ0n) is 13.5. The average molecular weight is 314 g/mol. The van der Waals surface area contributed by atoms with E-state index in [1.54, 1.807) is 19.2 Å². The van der Waals surface area contributed by atoms with Crippen LogP contribution in [0.1, 0.15) is 0 Å². The van der Waals surface area contributed by atoms with E-state index in [1.807, 2.05) is 49.5 Å². The van der Waals surface area contributed by atoms with Crippen LogP contribution >= 0.6 is 0 Å². The fraction of sp³-hybridized carbons (Fsp3) is 0.278. The Hall–Kier alpha value is -2.69. The molecular weight excluding hydrogens is 292 g/mol. The predicted octanol–water partition coefficient (Wildman–Crippen LogP) is 2.33. The smallest absolute Gasteiger partial charge is 0.258 e. The normalized spacial score (nSPS) is 10.0. The van der Waals surface area contributed by atoms with Crippen molar-refractivity contribution in [1.29, 1.82) is 0 Å². The van der Waals surface area contributed by atoms with Crippen LogP contribution in [0.15, 0.2) is 54.6 Å². The lowest BCUT2D eigenvalue weighted by Crippen LogP contribution is -2.35. The van der Waals surface area contributed by atoms with Crippen LogP contribution in [0.3, 0.4) is 0 Å². The van der Waals surface area contributed by atoms with Gasteiger partial charge in [0.2, 0.25) is 0 Å². The lowest BCUT2D eigenvalue weighted by Gasteiger charge is -2.19. The van der Waals surface area contributed by atoms with Gasteiger partial charge in [-0.2, -0.15) is 0 Å². The molecule has 5 nitrogen and oxygen atoms in total. The molecule has 0 spiro atoms. The van der Waals surface area contributed by atoms with Gasteiger partial charge in [-0.15, -0.1) is 0 Å². The molecule has 5 heteroatoms. The molecule has 0 aliphatic rings. The molecule has 1 N–H and O–H groups in total. The monoisotopic (exact) mass is 314 g/mol. The van der Waals surface area contributed by atoms with Gasteiger partial charge < -0.3 is 19.7 Å². The van der Waals surface area contributed by atoms with Crippen LogP contribution in [0.4, 0.5) is 5.69 Å². The Morgan fingerprint density at radius 3 is 2.39 bits per heavy atom. The lowest BCUT2D eigenvalue weighted by molar-refractivity contribution is -0.123. The van der Waals surface area contributed by atoms with Gasteiger partial charge >= 0.3 is 0 Å². The van der Waals surface area contributed by atoms with Crippen LogP contribution in [-0.2, 0) is 4.79 Å². The summed E-state index contributed by atoms with van der Waals surface area (Å²) < 4.78 is 10.7. The van der Waals surface area contributed by atoms with E-state index in [4.69, 9.17) is 9.47 Å². The Balaban J connectivity index is 1.71. The molecule has 2 aromatic rings. The fourth-order valence-electron chi connectivity index (χ4n) is 2.11. The van der Waals surface area contributed by atoms with E-state index in [2.05, 4.69) is 10.2 Å². The highest BCUT2D eigenvalue weighted by molar-refractivity contribution is 5.77. The quantitative estimate of drug-likeness (QED) is 0.812. The number of hydrogen-bond acceptors (Lipinski definition) is 4. The molecular formula is C18H22N2O3. The molecule has 0 fully saturated rings. The Morgan fingerprint density at radius 1 is 1.04 bits per heavy atom. The van der Waals surface area contributed by atoms with E-state index < -0.39 is 0 Å². The second-order valence-corrected chi connectivity index (χ2v) is 5.05. The minimum absolute atomic E-state index is 0.0323. The number of likely N-dealkylation sites (N-methyl/N-ethyl adjacent to an activating group) is 1. The van der Waals surface area contributed by atoms with E-state index in [1.165, 1.54) is 0 Å². The third kappa shape index (κ3) is 5.21. The number of hydrogen-bond donors (Lipinski definition) is 1. The van der Waals surface area contributed by atoms with Crippen molar-refractivity contribution in [2.45, 2.75) is 0 Å². The summed E-state index contributed by atoms with van der Waals surface area (Å²) in [5.74, 6) is 1.02. The highest BCUT2D eigenvalue weighted by atomic mass is 16.5. The molecule has 0 saturated heterocycles. The number of rotatable bonds is 8. The highest BCUT2D eigenvalue weighted by Gasteiger charge is 2.07. The molecule has 0 atom stereocenters. The zero-order chi connectivity index (χ0) is 16.5. The van der Waals surface area contributed by atoms with E-state index >= 15 is 0 Å². The summed E-state index contributed by atoms with van der Waals surface area (Å²) in [7, 11) is 3.56. The van der Waals surface area contributed by atoms with Crippen molar-refractivity contribution < 1.29 is 14.3 Å². The van der Waals surface area contributed by atoms with Gasteiger partial charge in [-0.05, 0) is 24.3 Å². The van der Waals surface area contributed by atoms with Crippen LogP contribution in [0.5, 0.6) is 11.5 Å². The molecule has 0 bridgehead atoms. The van der Waals surface area contributed by atoms with E-state index in [0.29, 0.717) is 18.0 Å². The maximum atomic E-state index is 11.8. The summed E-state index contributed by atoms with van der Waals surface area (Å²) in [5.41, 5.74) is 1.12. The molecule has 0 heterocycles. The largest absolute Gasteiger partial charge is 0.493 e. The first-order valence-corrected chi connectivity index (χ1v) is 7.49. The van der Waals surface area contributed by atoms with Gasteiger partial charge in [0.25, 0.3) is 5.91 Å². The molecule has 0 saturated carbocycles. The number of anilines is 1. The topological polar surface area (TPSA) is 50.8 Å². The average Bonchev–Trinajstić information content (AvgIpc) is 2.60. The minimum atomic E-state index is -0.155. The second-order valence-electron chi connectivity index (χ2n) is 5.05. The number of para-hydroxylation sites is 3. The molecule has 0 aliphatic carbocycles. The number of nitrogens with one attached hydrogen (secondary N) is 1. The third-order valence-corrected chi connectivity index (χ3v) is 3.39. The number of carbonyl (C=O) groups excluding carboxylic acids is 1. The first-order chi connectivity index (χ1) is 11.2. The predicted molar refractivity (Wildman–Crippen MR) is 91.2 cm³/mol. The summed E-state index contributed by atoms with van der Waals surface area (Å²) in [5, 5.41) is 2.84. The summed E-state index contributed by atoms with van der Waals surface area (Å²) >= 11 is 0. The molecule has 23 heavy (non-hydrogen) atoms. The SMILES string of the molecule is COc1ccccc1OCC(=O)NCCN(C)c1ccccc1. The van der Waals surface area contributed by atoms with Crippen LogP contribution in [-0.4, -0.2) is 39.8 Å². The van der Waals surface area contributed by atoms with E-state index in [9.17, 15) is 4.79 Å². The van der Waals surface area contributed by atoms with Crippen molar-refractivity contribution in [2.24, 2.45) is 0 Å². The lowest BCUT2D eigenvalue weighted by atomic mass is 10.3. The first kappa shape index (κ1) is 16.7. The zero-order valence-corrected chi connectivity index (χ0v) is 13.5. The van der Waals surface area contributed by atoms with Gasteiger partial charge in [-0.1, -0.05) is 30.3 Å². The molecule has 2 rings (SSSR count). The van der Waals surface area contributed by atoms with Crippen molar-refractivity contribution in [3.63, 3.8) is 0 Å². The number of carbonyl (C=O) groups is 1. The molecule has 0 radical (unpaired) electrons.